The average molecular weight is 478 g/mol. The van der Waals surface area contributed by atoms with Gasteiger partial charge in [-0.05, 0) is 49.9 Å². The predicted octanol–water partition coefficient (Wildman–Crippen LogP) is 3.87. The van der Waals surface area contributed by atoms with Crippen LogP contribution in [0.2, 0.25) is 0 Å². The van der Waals surface area contributed by atoms with Crippen molar-refractivity contribution in [1.82, 2.24) is 19.5 Å². The summed E-state index contributed by atoms with van der Waals surface area (Å²) in [5, 5.41) is 13.5. The molecule has 0 bridgehead atoms. The van der Waals surface area contributed by atoms with Gasteiger partial charge < -0.3 is 29.5 Å². The van der Waals surface area contributed by atoms with E-state index in [0.29, 0.717) is 12.0 Å². The Balaban J connectivity index is 1.34. The third kappa shape index (κ3) is 4.54. The molecule has 9 heteroatoms. The lowest BCUT2D eigenvalue weighted by molar-refractivity contribution is 0.122. The Kier molecular flexibility index (Phi) is 6.43. The van der Waals surface area contributed by atoms with Crippen molar-refractivity contribution >= 4 is 34.3 Å². The number of nitrogens with one attached hydrogen (secondary N) is 1. The number of benzene rings is 1. The van der Waals surface area contributed by atoms with Crippen LogP contribution in [-0.4, -0.2) is 70.1 Å². The van der Waals surface area contributed by atoms with Crippen molar-refractivity contribution in [2.24, 2.45) is 0 Å². The van der Waals surface area contributed by atoms with Gasteiger partial charge >= 0.3 is 0 Å². The second-order valence-electron chi connectivity index (χ2n) is 9.93. The van der Waals surface area contributed by atoms with Crippen LogP contribution in [0.25, 0.3) is 11.2 Å². The summed E-state index contributed by atoms with van der Waals surface area (Å²) in [7, 11) is 0. The third-order valence-electron chi connectivity index (χ3n) is 7.73. The molecule has 0 amide bonds. The van der Waals surface area contributed by atoms with Gasteiger partial charge in [-0.25, -0.2) is 4.98 Å². The number of hydrogen-bond donors (Lipinski definition) is 2. The van der Waals surface area contributed by atoms with Crippen molar-refractivity contribution < 1.29 is 9.84 Å². The van der Waals surface area contributed by atoms with Gasteiger partial charge in [0, 0.05) is 37.1 Å². The minimum absolute atomic E-state index is 0.0687. The van der Waals surface area contributed by atoms with Crippen LogP contribution in [0.4, 0.5) is 23.1 Å². The molecule has 3 fully saturated rings. The third-order valence-corrected chi connectivity index (χ3v) is 7.73. The van der Waals surface area contributed by atoms with Crippen LogP contribution in [0.15, 0.2) is 30.6 Å². The van der Waals surface area contributed by atoms with Gasteiger partial charge in [0.05, 0.1) is 32.2 Å². The minimum atomic E-state index is 0.0687. The van der Waals surface area contributed by atoms with Crippen LogP contribution in [0, 0.1) is 0 Å². The number of hydrogen-bond acceptors (Lipinski definition) is 8. The molecule has 0 radical (unpaired) electrons. The van der Waals surface area contributed by atoms with E-state index in [0.717, 1.165) is 68.4 Å². The molecule has 1 saturated carbocycles. The standard InChI is InChI=1S/C26H35N7O2/c34-17-22-7-4-12-32(22)26-29-24(23-25(30-26)33(18-27-23)21-5-2-1-3-6-21)28-19-8-10-20(11-9-19)31-13-15-35-16-14-31/h8-11,18,21-22,34H,1-7,12-17H2,(H,28,29,30). The number of ether oxygens (including phenoxy) is 1. The molecule has 35 heavy (non-hydrogen) atoms. The van der Waals surface area contributed by atoms with Gasteiger partial charge in [-0.1, -0.05) is 19.3 Å². The normalized spacial score (nSPS) is 21.7. The fourth-order valence-corrected chi connectivity index (χ4v) is 5.75. The first kappa shape index (κ1) is 22.5. The molecule has 4 heterocycles. The summed E-state index contributed by atoms with van der Waals surface area (Å²) in [6.45, 7) is 4.37. The molecule has 0 spiro atoms. The van der Waals surface area contributed by atoms with Crippen LogP contribution < -0.4 is 15.1 Å². The van der Waals surface area contributed by atoms with Crippen LogP contribution in [0.5, 0.6) is 0 Å². The molecule has 2 N–H and O–H groups in total. The second kappa shape index (κ2) is 9.99. The fraction of sp³-hybridized carbons (Fsp3) is 0.577. The van der Waals surface area contributed by atoms with E-state index in [1.165, 1.54) is 37.8 Å². The molecule has 2 aliphatic heterocycles. The van der Waals surface area contributed by atoms with E-state index in [4.69, 9.17) is 19.7 Å². The van der Waals surface area contributed by atoms with Gasteiger partial charge in [0.1, 0.15) is 0 Å². The largest absolute Gasteiger partial charge is 0.394 e. The maximum absolute atomic E-state index is 9.93. The Morgan fingerprint density at radius 2 is 1.74 bits per heavy atom. The molecule has 1 aromatic carbocycles. The van der Waals surface area contributed by atoms with E-state index in [1.807, 2.05) is 6.33 Å². The van der Waals surface area contributed by atoms with E-state index >= 15 is 0 Å². The van der Waals surface area contributed by atoms with Crippen LogP contribution >= 0.6 is 0 Å². The maximum Gasteiger partial charge on any atom is 0.229 e. The summed E-state index contributed by atoms with van der Waals surface area (Å²) in [6, 6.07) is 9.00. The van der Waals surface area contributed by atoms with Gasteiger partial charge in [0.15, 0.2) is 17.0 Å². The first-order chi connectivity index (χ1) is 17.3. The zero-order valence-corrected chi connectivity index (χ0v) is 20.3. The smallest absolute Gasteiger partial charge is 0.229 e. The number of morpholine rings is 1. The SMILES string of the molecule is OCC1CCCN1c1nc(Nc2ccc(N3CCOCC3)cc2)c2ncn(C3CCCCC3)c2n1. The molecular formula is C26H35N7O2. The zero-order chi connectivity index (χ0) is 23.6. The molecule has 186 valence electrons. The Morgan fingerprint density at radius 3 is 2.51 bits per heavy atom. The van der Waals surface area contributed by atoms with Crippen LogP contribution in [0.1, 0.15) is 51.0 Å². The lowest BCUT2D eigenvalue weighted by atomic mass is 9.95. The Morgan fingerprint density at radius 1 is 0.943 bits per heavy atom. The van der Waals surface area contributed by atoms with Gasteiger partial charge in [-0.15, -0.1) is 0 Å². The number of rotatable bonds is 6. The molecule has 9 nitrogen and oxygen atoms in total. The molecule has 2 saturated heterocycles. The highest BCUT2D eigenvalue weighted by Crippen LogP contribution is 2.34. The average Bonchev–Trinajstić information content (AvgIpc) is 3.57. The summed E-state index contributed by atoms with van der Waals surface area (Å²) in [4.78, 5) is 19.2. The van der Waals surface area contributed by atoms with Crippen molar-refractivity contribution in [2.45, 2.75) is 57.0 Å². The molecule has 2 aromatic heterocycles. The van der Waals surface area contributed by atoms with Crippen molar-refractivity contribution in [3.05, 3.63) is 30.6 Å². The van der Waals surface area contributed by atoms with Crippen molar-refractivity contribution in [1.29, 1.82) is 0 Å². The van der Waals surface area contributed by atoms with Gasteiger partial charge in [-0.3, -0.25) is 0 Å². The first-order valence-corrected chi connectivity index (χ1v) is 13.1. The Labute approximate surface area is 206 Å². The molecule has 3 aromatic rings. The fourth-order valence-electron chi connectivity index (χ4n) is 5.75. The van der Waals surface area contributed by atoms with Crippen molar-refractivity contribution in [3.8, 4) is 0 Å². The van der Waals surface area contributed by atoms with E-state index in [1.54, 1.807) is 0 Å². The van der Waals surface area contributed by atoms with Crippen molar-refractivity contribution in [3.63, 3.8) is 0 Å². The quantitative estimate of drug-likeness (QED) is 0.553. The maximum atomic E-state index is 9.93. The highest BCUT2D eigenvalue weighted by atomic mass is 16.5. The van der Waals surface area contributed by atoms with Crippen LogP contribution in [-0.2, 0) is 4.74 Å². The highest BCUT2D eigenvalue weighted by Gasteiger charge is 2.28. The summed E-state index contributed by atoms with van der Waals surface area (Å²) in [5.74, 6) is 1.40. The molecule has 1 aliphatic carbocycles. The van der Waals surface area contributed by atoms with Gasteiger partial charge in [0.2, 0.25) is 5.95 Å². The Hall–Kier alpha value is -2.91. The number of aliphatic hydroxyl groups excluding tert-OH is 1. The molecule has 1 atom stereocenters. The first-order valence-electron chi connectivity index (χ1n) is 13.1. The molecule has 1 unspecified atom stereocenters. The number of aromatic nitrogens is 4. The summed E-state index contributed by atoms with van der Waals surface area (Å²) < 4.78 is 7.74. The summed E-state index contributed by atoms with van der Waals surface area (Å²) in [5.41, 5.74) is 3.87. The number of imidazole rings is 1. The zero-order valence-electron chi connectivity index (χ0n) is 20.3. The van der Waals surface area contributed by atoms with Crippen molar-refractivity contribution in [2.75, 3.05) is 54.6 Å². The monoisotopic (exact) mass is 477 g/mol. The molecular weight excluding hydrogens is 442 g/mol. The van der Waals surface area contributed by atoms with E-state index < -0.39 is 0 Å². The van der Waals surface area contributed by atoms with E-state index in [9.17, 15) is 5.11 Å². The summed E-state index contributed by atoms with van der Waals surface area (Å²) in [6.07, 6.45) is 10.1. The highest BCUT2D eigenvalue weighted by molar-refractivity contribution is 5.87. The number of anilines is 4. The van der Waals surface area contributed by atoms with E-state index in [-0.39, 0.29) is 12.6 Å². The lowest BCUT2D eigenvalue weighted by Gasteiger charge is -2.29. The number of fused-ring (bicyclic) bond motifs is 1. The van der Waals surface area contributed by atoms with Crippen LogP contribution in [0.3, 0.4) is 0 Å². The number of aliphatic hydroxyl groups is 1. The molecule has 3 aliphatic rings. The molecule has 6 rings (SSSR count). The number of nitrogens with zero attached hydrogens (tertiary/aromatic N) is 6. The topological polar surface area (TPSA) is 91.6 Å². The summed E-state index contributed by atoms with van der Waals surface area (Å²) >= 11 is 0. The van der Waals surface area contributed by atoms with E-state index in [2.05, 4.69) is 43.9 Å². The van der Waals surface area contributed by atoms with Gasteiger partial charge in [-0.2, -0.15) is 9.97 Å². The predicted molar refractivity (Wildman–Crippen MR) is 138 cm³/mol. The second-order valence-corrected chi connectivity index (χ2v) is 9.93. The Bertz CT molecular complexity index is 1140. The minimum Gasteiger partial charge on any atom is -0.394 e. The van der Waals surface area contributed by atoms with Gasteiger partial charge in [0.25, 0.3) is 0 Å². The lowest BCUT2D eigenvalue weighted by Crippen LogP contribution is -2.36.